The zero-order valence-electron chi connectivity index (χ0n) is 10.6. The molecule has 0 aliphatic heterocycles. The van der Waals surface area contributed by atoms with Gasteiger partial charge in [0.05, 0.1) is 0 Å². The number of aryl methyl sites for hydroxylation is 1. The molecular weight excluding hydrogens is 242 g/mol. The molecule has 0 fully saturated rings. The summed E-state index contributed by atoms with van der Waals surface area (Å²) in [7, 11) is 0. The first kappa shape index (κ1) is 13.1. The van der Waals surface area contributed by atoms with Gasteiger partial charge >= 0.3 is 0 Å². The standard InChI is InChI=1S/C14H19N3S/c1-2-13-9-17-14(18-13)10-16-7-6-11-4-3-5-12(15)8-11/h3-5,8-9,16H,2,6-7,10,15H2,1H3. The molecule has 4 heteroatoms. The van der Waals surface area contributed by atoms with Gasteiger partial charge in [0, 0.05) is 23.3 Å². The van der Waals surface area contributed by atoms with E-state index in [1.165, 1.54) is 15.4 Å². The van der Waals surface area contributed by atoms with E-state index in [0.717, 1.165) is 31.6 Å². The van der Waals surface area contributed by atoms with E-state index in [1.807, 2.05) is 24.4 Å². The number of thiazole rings is 1. The monoisotopic (exact) mass is 261 g/mol. The van der Waals surface area contributed by atoms with Crippen molar-refractivity contribution in [3.05, 3.63) is 45.9 Å². The van der Waals surface area contributed by atoms with Crippen LogP contribution in [0.4, 0.5) is 5.69 Å². The van der Waals surface area contributed by atoms with Crippen LogP contribution in [0.3, 0.4) is 0 Å². The van der Waals surface area contributed by atoms with Crippen LogP contribution in [0.1, 0.15) is 22.4 Å². The maximum atomic E-state index is 5.74. The Bertz CT molecular complexity index is 493. The summed E-state index contributed by atoms with van der Waals surface area (Å²) in [5.74, 6) is 0. The molecule has 3 nitrogen and oxygen atoms in total. The van der Waals surface area contributed by atoms with Crippen molar-refractivity contribution in [3.63, 3.8) is 0 Å². The molecule has 18 heavy (non-hydrogen) atoms. The first-order chi connectivity index (χ1) is 8.78. The largest absolute Gasteiger partial charge is 0.399 e. The van der Waals surface area contributed by atoms with Gasteiger partial charge in [-0.25, -0.2) is 4.98 Å². The lowest BCUT2D eigenvalue weighted by Crippen LogP contribution is -2.16. The van der Waals surface area contributed by atoms with Crippen molar-refractivity contribution in [3.8, 4) is 0 Å². The molecule has 3 N–H and O–H groups in total. The van der Waals surface area contributed by atoms with Crippen LogP contribution in [-0.4, -0.2) is 11.5 Å². The van der Waals surface area contributed by atoms with Gasteiger partial charge in [-0.05, 0) is 37.1 Å². The Balaban J connectivity index is 1.72. The third-order valence-electron chi connectivity index (χ3n) is 2.77. The van der Waals surface area contributed by atoms with Crippen molar-refractivity contribution in [2.24, 2.45) is 0 Å². The second kappa shape index (κ2) is 6.52. The molecular formula is C14H19N3S. The molecule has 1 aromatic carbocycles. The molecule has 0 amide bonds. The van der Waals surface area contributed by atoms with Crippen molar-refractivity contribution in [1.29, 1.82) is 0 Å². The van der Waals surface area contributed by atoms with E-state index < -0.39 is 0 Å². The van der Waals surface area contributed by atoms with Gasteiger partial charge in [-0.3, -0.25) is 0 Å². The summed E-state index contributed by atoms with van der Waals surface area (Å²) in [5, 5.41) is 4.58. The van der Waals surface area contributed by atoms with E-state index in [9.17, 15) is 0 Å². The van der Waals surface area contributed by atoms with Crippen LogP contribution in [0.15, 0.2) is 30.5 Å². The molecule has 1 heterocycles. The normalized spacial score (nSPS) is 10.7. The van der Waals surface area contributed by atoms with E-state index in [1.54, 1.807) is 11.3 Å². The minimum Gasteiger partial charge on any atom is -0.399 e. The summed E-state index contributed by atoms with van der Waals surface area (Å²) in [6, 6.07) is 8.05. The number of hydrogen-bond acceptors (Lipinski definition) is 4. The Morgan fingerprint density at radius 2 is 2.28 bits per heavy atom. The van der Waals surface area contributed by atoms with Crippen LogP contribution in [0, 0.1) is 0 Å². The maximum Gasteiger partial charge on any atom is 0.107 e. The van der Waals surface area contributed by atoms with E-state index in [0.29, 0.717) is 0 Å². The molecule has 0 bridgehead atoms. The van der Waals surface area contributed by atoms with Crippen LogP contribution >= 0.6 is 11.3 Å². The molecule has 2 rings (SSSR count). The summed E-state index contributed by atoms with van der Waals surface area (Å²) < 4.78 is 0. The fraction of sp³-hybridized carbons (Fsp3) is 0.357. The van der Waals surface area contributed by atoms with Crippen molar-refractivity contribution >= 4 is 17.0 Å². The van der Waals surface area contributed by atoms with Crippen molar-refractivity contribution < 1.29 is 0 Å². The fourth-order valence-corrected chi connectivity index (χ4v) is 2.60. The molecule has 0 spiro atoms. The van der Waals surface area contributed by atoms with Gasteiger partial charge in [-0.1, -0.05) is 19.1 Å². The van der Waals surface area contributed by atoms with Crippen LogP contribution in [0.25, 0.3) is 0 Å². The number of nitrogens with zero attached hydrogens (tertiary/aromatic N) is 1. The van der Waals surface area contributed by atoms with Gasteiger partial charge in [0.1, 0.15) is 5.01 Å². The van der Waals surface area contributed by atoms with Crippen molar-refractivity contribution in [2.75, 3.05) is 12.3 Å². The average molecular weight is 261 g/mol. The average Bonchev–Trinajstić information content (AvgIpc) is 2.83. The number of rotatable bonds is 6. The molecule has 0 atom stereocenters. The molecule has 0 radical (unpaired) electrons. The van der Waals surface area contributed by atoms with E-state index in [2.05, 4.69) is 23.3 Å². The van der Waals surface area contributed by atoms with E-state index >= 15 is 0 Å². The molecule has 0 unspecified atom stereocenters. The third kappa shape index (κ3) is 3.82. The lowest BCUT2D eigenvalue weighted by Gasteiger charge is -2.03. The molecule has 0 aliphatic carbocycles. The van der Waals surface area contributed by atoms with Crippen LogP contribution in [0.5, 0.6) is 0 Å². The molecule has 0 saturated carbocycles. The number of nitrogens with two attached hydrogens (primary N) is 1. The minimum atomic E-state index is 0.833. The maximum absolute atomic E-state index is 5.74. The number of nitrogens with one attached hydrogen (secondary N) is 1. The first-order valence-electron chi connectivity index (χ1n) is 6.26. The highest BCUT2D eigenvalue weighted by Crippen LogP contribution is 2.13. The first-order valence-corrected chi connectivity index (χ1v) is 7.08. The molecule has 96 valence electrons. The molecule has 1 aromatic heterocycles. The SMILES string of the molecule is CCc1cnc(CNCCc2cccc(N)c2)s1. The minimum absolute atomic E-state index is 0.833. The van der Waals surface area contributed by atoms with Gasteiger partial charge in [-0.2, -0.15) is 0 Å². The summed E-state index contributed by atoms with van der Waals surface area (Å²) >= 11 is 1.79. The number of anilines is 1. The van der Waals surface area contributed by atoms with Crippen LogP contribution in [-0.2, 0) is 19.4 Å². The predicted molar refractivity (Wildman–Crippen MR) is 77.8 cm³/mol. The predicted octanol–water partition coefficient (Wildman–Crippen LogP) is 2.62. The third-order valence-corrected chi connectivity index (χ3v) is 3.91. The highest BCUT2D eigenvalue weighted by Gasteiger charge is 2.00. The Labute approximate surface area is 112 Å². The summed E-state index contributed by atoms with van der Waals surface area (Å²) in [4.78, 5) is 5.73. The topological polar surface area (TPSA) is 50.9 Å². The van der Waals surface area contributed by atoms with Crippen molar-refractivity contribution in [1.82, 2.24) is 10.3 Å². The Hall–Kier alpha value is -1.39. The van der Waals surface area contributed by atoms with Gasteiger partial charge < -0.3 is 11.1 Å². The quantitative estimate of drug-likeness (QED) is 0.621. The van der Waals surface area contributed by atoms with Gasteiger partial charge in [0.2, 0.25) is 0 Å². The second-order valence-electron chi connectivity index (χ2n) is 4.25. The number of benzene rings is 1. The van der Waals surface area contributed by atoms with Gasteiger partial charge in [0.15, 0.2) is 0 Å². The number of aromatic nitrogens is 1. The fourth-order valence-electron chi connectivity index (χ4n) is 1.77. The number of hydrogen-bond donors (Lipinski definition) is 2. The lowest BCUT2D eigenvalue weighted by atomic mass is 10.1. The zero-order valence-corrected chi connectivity index (χ0v) is 11.5. The molecule has 0 aliphatic rings. The van der Waals surface area contributed by atoms with E-state index in [-0.39, 0.29) is 0 Å². The Morgan fingerprint density at radius 1 is 1.39 bits per heavy atom. The van der Waals surface area contributed by atoms with E-state index in [4.69, 9.17) is 5.73 Å². The van der Waals surface area contributed by atoms with Gasteiger partial charge in [0.25, 0.3) is 0 Å². The number of nitrogen functional groups attached to an aromatic ring is 1. The zero-order chi connectivity index (χ0) is 12.8. The highest BCUT2D eigenvalue weighted by molar-refractivity contribution is 7.11. The van der Waals surface area contributed by atoms with Crippen molar-refractivity contribution in [2.45, 2.75) is 26.3 Å². The lowest BCUT2D eigenvalue weighted by molar-refractivity contribution is 0.684. The van der Waals surface area contributed by atoms with Gasteiger partial charge in [-0.15, -0.1) is 11.3 Å². The summed E-state index contributed by atoms with van der Waals surface area (Å²) in [5.41, 5.74) is 7.85. The summed E-state index contributed by atoms with van der Waals surface area (Å²) in [6.45, 7) is 3.96. The highest BCUT2D eigenvalue weighted by atomic mass is 32.1. The summed E-state index contributed by atoms with van der Waals surface area (Å²) in [6.07, 6.45) is 4.04. The van der Waals surface area contributed by atoms with Crippen LogP contribution in [0.2, 0.25) is 0 Å². The Morgan fingerprint density at radius 3 is 3.00 bits per heavy atom. The van der Waals surface area contributed by atoms with Crippen LogP contribution < -0.4 is 11.1 Å². The molecule has 2 aromatic rings. The smallest absolute Gasteiger partial charge is 0.107 e. The molecule has 0 saturated heterocycles. The Kier molecular flexibility index (Phi) is 4.73. The second-order valence-corrected chi connectivity index (χ2v) is 5.45.